The van der Waals surface area contributed by atoms with Gasteiger partial charge in [-0.3, -0.25) is 14.9 Å². The molecule has 2 aromatic heterocycles. The second kappa shape index (κ2) is 7.76. The molecule has 0 aliphatic carbocycles. The maximum Gasteiger partial charge on any atom is 0.254 e. The number of nitrogens with one attached hydrogen (secondary N) is 2. The van der Waals surface area contributed by atoms with Gasteiger partial charge in [0.05, 0.1) is 29.9 Å². The van der Waals surface area contributed by atoms with E-state index in [4.69, 9.17) is 19.2 Å². The summed E-state index contributed by atoms with van der Waals surface area (Å²) in [6, 6.07) is 13.4. The van der Waals surface area contributed by atoms with Gasteiger partial charge in [-0.15, -0.1) is 11.3 Å². The Morgan fingerprint density at radius 3 is 2.92 bits per heavy atom. The minimum absolute atomic E-state index is 0.127. The molecule has 0 bridgehead atoms. The topological polar surface area (TPSA) is 105 Å². The predicted molar refractivity (Wildman–Crippen MR) is 131 cm³/mol. The zero-order valence-corrected chi connectivity index (χ0v) is 20.5. The number of methoxy groups -OCH3 is 1. The number of thiophene rings is 1. The van der Waals surface area contributed by atoms with Crippen LogP contribution in [0, 0.1) is 0 Å². The third-order valence-electron chi connectivity index (χ3n) is 7.49. The number of amides is 2. The van der Waals surface area contributed by atoms with E-state index >= 15 is 0 Å². The third kappa shape index (κ3) is 3.18. The van der Waals surface area contributed by atoms with E-state index < -0.39 is 11.6 Å². The maximum absolute atomic E-state index is 13.6. The van der Waals surface area contributed by atoms with Crippen LogP contribution in [-0.4, -0.2) is 59.5 Å². The summed E-state index contributed by atoms with van der Waals surface area (Å²) in [7, 11) is 1.57. The molecule has 6 heterocycles. The second-order valence-corrected chi connectivity index (χ2v) is 10.6. The summed E-state index contributed by atoms with van der Waals surface area (Å²) in [5.41, 5.74) is 1.95. The highest BCUT2D eigenvalue weighted by Gasteiger charge is 2.63. The fourth-order valence-electron chi connectivity index (χ4n) is 5.58. The fourth-order valence-corrected chi connectivity index (χ4v) is 6.28. The number of ether oxygens (including phenoxy) is 3. The molecule has 4 aliphatic rings. The number of rotatable bonds is 5. The van der Waals surface area contributed by atoms with Gasteiger partial charge in [0.2, 0.25) is 5.91 Å². The van der Waals surface area contributed by atoms with Crippen molar-refractivity contribution in [1.29, 1.82) is 0 Å². The molecule has 1 aromatic carbocycles. The normalized spacial score (nSPS) is 29.8. The van der Waals surface area contributed by atoms with Gasteiger partial charge in [0, 0.05) is 18.0 Å². The average molecular weight is 505 g/mol. The molecule has 5 atom stereocenters. The van der Waals surface area contributed by atoms with Gasteiger partial charge >= 0.3 is 0 Å². The number of carbonyl (C=O) groups excluding carboxylic acids is 2. The highest BCUT2D eigenvalue weighted by molar-refractivity contribution is 7.13. The molecule has 5 unspecified atom stereocenters. The molecular weight excluding hydrogens is 480 g/mol. The van der Waals surface area contributed by atoms with E-state index in [0.717, 1.165) is 21.8 Å². The molecule has 0 saturated carbocycles. The van der Waals surface area contributed by atoms with Crippen LogP contribution < -0.4 is 20.1 Å². The lowest BCUT2D eigenvalue weighted by Gasteiger charge is -2.42. The van der Waals surface area contributed by atoms with Crippen LogP contribution >= 0.6 is 11.3 Å². The average Bonchev–Trinajstić information content (AvgIpc) is 3.21. The second-order valence-electron chi connectivity index (χ2n) is 9.64. The van der Waals surface area contributed by atoms with Gasteiger partial charge in [-0.1, -0.05) is 19.1 Å². The Hall–Kier alpha value is -3.47. The maximum atomic E-state index is 13.6. The Balaban J connectivity index is 1.23. The molecule has 10 heteroatoms. The van der Waals surface area contributed by atoms with E-state index in [-0.39, 0.29) is 36.7 Å². The molecular formula is C26H24N4O5S. The van der Waals surface area contributed by atoms with Crippen LogP contribution in [-0.2, 0) is 16.1 Å². The van der Waals surface area contributed by atoms with E-state index in [9.17, 15) is 9.59 Å². The molecule has 184 valence electrons. The SMILES string of the molecule is COc1ccc2c(c1)C(=O)N(CC1(C3Oc4ccc(-c5cccs5)nc4C3C)NC3OC3NC1=O)C2. The predicted octanol–water partition coefficient (Wildman–Crippen LogP) is 2.48. The minimum atomic E-state index is -1.22. The standard InChI is InChI=1S/C26H24N4O5S/c1-13-20-18(8-7-17(27-20)19-4-3-9-36-19)34-21(13)26(25(32)28-22-23(29-26)35-22)12-30-11-14-5-6-15(33-2)10-16(14)24(30)31/h3-10,13,21-23,29H,11-12H2,1-2H3,(H,28,32). The van der Waals surface area contributed by atoms with Crippen molar-refractivity contribution in [3.05, 3.63) is 64.7 Å². The number of piperazine rings is 1. The van der Waals surface area contributed by atoms with Gasteiger partial charge in [0.25, 0.3) is 5.91 Å². The largest absolute Gasteiger partial charge is 0.497 e. The number of aromatic nitrogens is 1. The Morgan fingerprint density at radius 1 is 1.22 bits per heavy atom. The number of hydrogen-bond acceptors (Lipinski definition) is 8. The van der Waals surface area contributed by atoms with Crippen LogP contribution in [0.2, 0.25) is 0 Å². The number of nitrogens with zero attached hydrogens (tertiary/aromatic N) is 2. The van der Waals surface area contributed by atoms with Crippen molar-refractivity contribution in [3.63, 3.8) is 0 Å². The first kappa shape index (κ1) is 21.8. The van der Waals surface area contributed by atoms with Gasteiger partial charge in [0.1, 0.15) is 17.6 Å². The summed E-state index contributed by atoms with van der Waals surface area (Å²) >= 11 is 1.63. The van der Waals surface area contributed by atoms with Crippen LogP contribution in [0.1, 0.15) is 34.5 Å². The number of hydrogen-bond donors (Lipinski definition) is 2. The lowest BCUT2D eigenvalue weighted by atomic mass is 9.81. The number of epoxide rings is 1. The van der Waals surface area contributed by atoms with Crippen LogP contribution in [0.4, 0.5) is 0 Å². The summed E-state index contributed by atoms with van der Waals surface area (Å²) in [6.45, 7) is 2.55. The molecule has 2 amide bonds. The Morgan fingerprint density at radius 2 is 2.11 bits per heavy atom. The molecule has 9 nitrogen and oxygen atoms in total. The Labute approximate surface area is 211 Å². The quantitative estimate of drug-likeness (QED) is 0.515. The van der Waals surface area contributed by atoms with Crippen molar-refractivity contribution in [3.8, 4) is 22.1 Å². The van der Waals surface area contributed by atoms with Crippen LogP contribution in [0.3, 0.4) is 0 Å². The Kier molecular flexibility index (Phi) is 4.70. The molecule has 36 heavy (non-hydrogen) atoms. The fraction of sp³-hybridized carbons (Fsp3) is 0.346. The lowest BCUT2D eigenvalue weighted by Crippen LogP contribution is -2.74. The van der Waals surface area contributed by atoms with E-state index in [0.29, 0.717) is 23.6 Å². The highest BCUT2D eigenvalue weighted by atomic mass is 32.1. The van der Waals surface area contributed by atoms with E-state index in [1.165, 1.54) is 0 Å². The van der Waals surface area contributed by atoms with Crippen molar-refractivity contribution in [2.75, 3.05) is 13.7 Å². The molecule has 2 N–H and O–H groups in total. The molecule has 0 spiro atoms. The zero-order valence-electron chi connectivity index (χ0n) is 19.7. The van der Waals surface area contributed by atoms with Crippen LogP contribution in [0.25, 0.3) is 10.6 Å². The zero-order chi connectivity index (χ0) is 24.6. The van der Waals surface area contributed by atoms with Crippen molar-refractivity contribution < 1.29 is 23.8 Å². The van der Waals surface area contributed by atoms with Crippen molar-refractivity contribution in [1.82, 2.24) is 20.5 Å². The molecule has 4 aliphatic heterocycles. The Bertz CT molecular complexity index is 1390. The number of pyridine rings is 1. The number of benzene rings is 1. The van der Waals surface area contributed by atoms with Gasteiger partial charge in [-0.2, -0.15) is 0 Å². The van der Waals surface area contributed by atoms with Gasteiger partial charge in [0.15, 0.2) is 18.0 Å². The lowest BCUT2D eigenvalue weighted by molar-refractivity contribution is -0.135. The molecule has 2 saturated heterocycles. The van der Waals surface area contributed by atoms with E-state index in [2.05, 4.69) is 10.6 Å². The number of carbonyl (C=O) groups is 2. The summed E-state index contributed by atoms with van der Waals surface area (Å²) < 4.78 is 17.3. The summed E-state index contributed by atoms with van der Waals surface area (Å²) in [4.78, 5) is 34.7. The van der Waals surface area contributed by atoms with Crippen molar-refractivity contribution in [2.24, 2.45) is 0 Å². The first-order valence-electron chi connectivity index (χ1n) is 11.9. The molecule has 0 radical (unpaired) electrons. The highest BCUT2D eigenvalue weighted by Crippen LogP contribution is 2.45. The van der Waals surface area contributed by atoms with Crippen molar-refractivity contribution >= 4 is 23.2 Å². The third-order valence-corrected chi connectivity index (χ3v) is 8.38. The monoisotopic (exact) mass is 504 g/mol. The molecule has 7 rings (SSSR count). The minimum Gasteiger partial charge on any atom is -0.497 e. The van der Waals surface area contributed by atoms with Gasteiger partial charge in [-0.05, 0) is 41.3 Å². The number of fused-ring (bicyclic) bond motifs is 3. The van der Waals surface area contributed by atoms with E-state index in [1.807, 2.05) is 48.7 Å². The van der Waals surface area contributed by atoms with Crippen molar-refractivity contribution in [2.45, 2.75) is 43.5 Å². The van der Waals surface area contributed by atoms with E-state index in [1.54, 1.807) is 29.4 Å². The summed E-state index contributed by atoms with van der Waals surface area (Å²) in [5.74, 6) is 0.691. The molecule has 2 fully saturated rings. The smallest absolute Gasteiger partial charge is 0.254 e. The molecule has 3 aromatic rings. The van der Waals surface area contributed by atoms with Crippen LogP contribution in [0.15, 0.2) is 47.8 Å². The summed E-state index contributed by atoms with van der Waals surface area (Å²) in [6.07, 6.45) is -1.27. The van der Waals surface area contributed by atoms with Crippen LogP contribution in [0.5, 0.6) is 11.5 Å². The van der Waals surface area contributed by atoms with Gasteiger partial charge in [-0.25, -0.2) is 4.98 Å². The summed E-state index contributed by atoms with van der Waals surface area (Å²) in [5, 5.41) is 8.37. The van der Waals surface area contributed by atoms with Gasteiger partial charge < -0.3 is 24.4 Å². The first-order chi connectivity index (χ1) is 17.5. The first-order valence-corrected chi connectivity index (χ1v) is 12.8.